The molecule has 1 fully saturated rings. The largest absolute Gasteiger partial charge is 0.466 e. The van der Waals surface area contributed by atoms with Gasteiger partial charge in [-0.2, -0.15) is 0 Å². The van der Waals surface area contributed by atoms with Crippen molar-refractivity contribution in [1.82, 2.24) is 0 Å². The standard InChI is InChI=1S/C35H58O6/c1-3-5-7-8-9-10-11-12-13-14-15-20-26-39-34(37)27-32-24-25-35(41-32,30-40-33(36)23-17-6-4-2)29-38-28-31-21-18-16-19-22-31/h16,18-19,21-22,32H,3-15,17,20,23-30H2,1-2H3/t32-,35-/m1/s1. The van der Waals surface area contributed by atoms with Gasteiger partial charge in [0, 0.05) is 6.42 Å². The lowest BCUT2D eigenvalue weighted by molar-refractivity contribution is -0.167. The average molecular weight is 575 g/mol. The number of esters is 2. The van der Waals surface area contributed by atoms with Crippen LogP contribution in [0.5, 0.6) is 0 Å². The molecule has 0 saturated carbocycles. The van der Waals surface area contributed by atoms with Crippen LogP contribution in [0.25, 0.3) is 0 Å². The van der Waals surface area contributed by atoms with E-state index in [1.807, 2.05) is 30.3 Å². The molecule has 0 amide bonds. The molecule has 0 unspecified atom stereocenters. The zero-order valence-electron chi connectivity index (χ0n) is 26.2. The summed E-state index contributed by atoms with van der Waals surface area (Å²) in [7, 11) is 0. The van der Waals surface area contributed by atoms with Gasteiger partial charge in [-0.15, -0.1) is 0 Å². The first-order valence-corrected chi connectivity index (χ1v) is 16.7. The van der Waals surface area contributed by atoms with Crippen LogP contribution in [0, 0.1) is 0 Å². The van der Waals surface area contributed by atoms with Gasteiger partial charge < -0.3 is 18.9 Å². The highest BCUT2D eigenvalue weighted by atomic mass is 16.6. The van der Waals surface area contributed by atoms with Gasteiger partial charge in [-0.25, -0.2) is 0 Å². The van der Waals surface area contributed by atoms with Crippen LogP contribution in [-0.4, -0.2) is 43.5 Å². The molecule has 1 aromatic carbocycles. The van der Waals surface area contributed by atoms with Gasteiger partial charge >= 0.3 is 11.9 Å². The van der Waals surface area contributed by atoms with Crippen molar-refractivity contribution in [1.29, 1.82) is 0 Å². The second-order valence-corrected chi connectivity index (χ2v) is 11.9. The number of rotatable bonds is 25. The molecule has 1 aliphatic rings. The van der Waals surface area contributed by atoms with Crippen molar-refractivity contribution in [3.63, 3.8) is 0 Å². The van der Waals surface area contributed by atoms with Gasteiger partial charge in [0.2, 0.25) is 0 Å². The molecular weight excluding hydrogens is 516 g/mol. The minimum absolute atomic E-state index is 0.150. The van der Waals surface area contributed by atoms with Crippen LogP contribution in [0.4, 0.5) is 0 Å². The molecule has 6 nitrogen and oxygen atoms in total. The zero-order chi connectivity index (χ0) is 29.4. The highest BCUT2D eigenvalue weighted by Crippen LogP contribution is 2.33. The second-order valence-electron chi connectivity index (χ2n) is 11.9. The molecule has 0 aliphatic carbocycles. The SMILES string of the molecule is CCCCCCCCCCCCCCOC(=O)C[C@H]1CC[C@@](COCc2ccccc2)(COC(=O)CCCCC)O1. The van der Waals surface area contributed by atoms with Gasteiger partial charge in [-0.1, -0.05) is 128 Å². The smallest absolute Gasteiger partial charge is 0.308 e. The normalized spacial score (nSPS) is 18.4. The first kappa shape index (κ1) is 35.3. The molecule has 0 N–H and O–H groups in total. The first-order chi connectivity index (χ1) is 20.1. The summed E-state index contributed by atoms with van der Waals surface area (Å²) in [5.74, 6) is -0.412. The number of ether oxygens (including phenoxy) is 4. The average Bonchev–Trinajstić information content (AvgIpc) is 3.37. The van der Waals surface area contributed by atoms with Crippen molar-refractivity contribution in [2.45, 2.75) is 154 Å². The maximum absolute atomic E-state index is 12.5. The molecule has 1 saturated heterocycles. The zero-order valence-corrected chi connectivity index (χ0v) is 26.2. The first-order valence-electron chi connectivity index (χ1n) is 16.7. The summed E-state index contributed by atoms with van der Waals surface area (Å²) in [6.45, 7) is 5.77. The molecule has 234 valence electrons. The highest BCUT2D eigenvalue weighted by molar-refractivity contribution is 5.70. The van der Waals surface area contributed by atoms with E-state index in [1.54, 1.807) is 0 Å². The van der Waals surface area contributed by atoms with Crippen molar-refractivity contribution in [2.75, 3.05) is 19.8 Å². The number of benzene rings is 1. The van der Waals surface area contributed by atoms with Crippen molar-refractivity contribution in [3.05, 3.63) is 35.9 Å². The molecule has 6 heteroatoms. The molecule has 0 radical (unpaired) electrons. The quantitative estimate of drug-likeness (QED) is 0.0858. The van der Waals surface area contributed by atoms with E-state index in [9.17, 15) is 9.59 Å². The molecule has 0 bridgehead atoms. The molecule has 2 rings (SSSR count). The summed E-state index contributed by atoms with van der Waals surface area (Å²) in [6, 6.07) is 9.98. The van der Waals surface area contributed by atoms with Crippen molar-refractivity contribution in [3.8, 4) is 0 Å². The molecule has 2 atom stereocenters. The second kappa shape index (κ2) is 22.6. The van der Waals surface area contributed by atoms with Gasteiger partial charge in [0.1, 0.15) is 12.2 Å². The number of unbranched alkanes of at least 4 members (excludes halogenated alkanes) is 13. The van der Waals surface area contributed by atoms with Crippen molar-refractivity contribution < 1.29 is 28.5 Å². The van der Waals surface area contributed by atoms with E-state index in [2.05, 4.69) is 13.8 Å². The van der Waals surface area contributed by atoms with Crippen LogP contribution in [0.15, 0.2) is 30.3 Å². The molecule has 0 spiro atoms. The third kappa shape index (κ3) is 16.9. The fraction of sp³-hybridized carbons (Fsp3) is 0.771. The van der Waals surface area contributed by atoms with Crippen LogP contribution in [-0.2, 0) is 35.1 Å². The van der Waals surface area contributed by atoms with Crippen LogP contribution in [0.1, 0.15) is 141 Å². The summed E-state index contributed by atoms with van der Waals surface area (Å²) in [5, 5.41) is 0. The third-order valence-corrected chi connectivity index (χ3v) is 7.95. The van der Waals surface area contributed by atoms with E-state index in [1.165, 1.54) is 64.2 Å². The van der Waals surface area contributed by atoms with Crippen LogP contribution >= 0.6 is 0 Å². The minimum Gasteiger partial charge on any atom is -0.466 e. The topological polar surface area (TPSA) is 71.1 Å². The van der Waals surface area contributed by atoms with E-state index in [0.29, 0.717) is 32.7 Å². The van der Waals surface area contributed by atoms with Gasteiger partial charge in [0.15, 0.2) is 0 Å². The summed E-state index contributed by atoms with van der Waals surface area (Å²) in [5.41, 5.74) is 0.352. The lowest BCUT2D eigenvalue weighted by atomic mass is 10.0. The number of carbonyl (C=O) groups is 2. The van der Waals surface area contributed by atoms with E-state index < -0.39 is 5.60 Å². The van der Waals surface area contributed by atoms with Gasteiger partial charge in [-0.3, -0.25) is 9.59 Å². The third-order valence-electron chi connectivity index (χ3n) is 7.95. The Kier molecular flexibility index (Phi) is 19.5. The number of carbonyl (C=O) groups excluding carboxylic acids is 2. The van der Waals surface area contributed by atoms with Gasteiger partial charge in [0.05, 0.1) is 32.3 Å². The molecule has 1 heterocycles. The maximum Gasteiger partial charge on any atom is 0.308 e. The maximum atomic E-state index is 12.5. The van der Waals surface area contributed by atoms with E-state index >= 15 is 0 Å². The summed E-state index contributed by atoms with van der Waals surface area (Å²) < 4.78 is 23.5. The fourth-order valence-electron chi connectivity index (χ4n) is 5.40. The number of hydrogen-bond acceptors (Lipinski definition) is 6. The minimum atomic E-state index is -0.727. The molecule has 1 aliphatic heterocycles. The summed E-state index contributed by atoms with van der Waals surface area (Å²) in [6.07, 6.45) is 20.1. The van der Waals surface area contributed by atoms with Crippen LogP contribution in [0.3, 0.4) is 0 Å². The van der Waals surface area contributed by atoms with Crippen LogP contribution < -0.4 is 0 Å². The molecule has 0 aromatic heterocycles. The predicted molar refractivity (Wildman–Crippen MR) is 165 cm³/mol. The fourth-order valence-corrected chi connectivity index (χ4v) is 5.40. The van der Waals surface area contributed by atoms with E-state index in [-0.39, 0.29) is 31.1 Å². The van der Waals surface area contributed by atoms with E-state index in [0.717, 1.165) is 44.1 Å². The van der Waals surface area contributed by atoms with Crippen molar-refractivity contribution >= 4 is 11.9 Å². The highest BCUT2D eigenvalue weighted by Gasteiger charge is 2.42. The molecule has 1 aromatic rings. The number of hydrogen-bond donors (Lipinski definition) is 0. The molecular formula is C35H58O6. The van der Waals surface area contributed by atoms with Gasteiger partial charge in [0.25, 0.3) is 0 Å². The summed E-state index contributed by atoms with van der Waals surface area (Å²) in [4.78, 5) is 24.8. The van der Waals surface area contributed by atoms with Gasteiger partial charge in [-0.05, 0) is 31.2 Å². The predicted octanol–water partition coefficient (Wildman–Crippen LogP) is 8.88. The lowest BCUT2D eigenvalue weighted by Gasteiger charge is -2.29. The van der Waals surface area contributed by atoms with Crippen LogP contribution in [0.2, 0.25) is 0 Å². The Morgan fingerprint density at radius 1 is 0.756 bits per heavy atom. The van der Waals surface area contributed by atoms with Crippen molar-refractivity contribution in [2.24, 2.45) is 0 Å². The Morgan fingerprint density at radius 3 is 2.02 bits per heavy atom. The molecule has 41 heavy (non-hydrogen) atoms. The Bertz CT molecular complexity index is 797. The Labute approximate surface area is 250 Å². The summed E-state index contributed by atoms with van der Waals surface area (Å²) >= 11 is 0. The Morgan fingerprint density at radius 2 is 1.37 bits per heavy atom. The lowest BCUT2D eigenvalue weighted by Crippen LogP contribution is -2.41. The van der Waals surface area contributed by atoms with E-state index in [4.69, 9.17) is 18.9 Å². The Hall–Kier alpha value is -1.92. The Balaban J connectivity index is 1.63. The monoisotopic (exact) mass is 574 g/mol.